The van der Waals surface area contributed by atoms with Crippen LogP contribution in [-0.2, 0) is 10.8 Å². The zero-order valence-corrected chi connectivity index (χ0v) is 23.0. The number of thioether (sulfide) groups is 3. The van der Waals surface area contributed by atoms with Crippen molar-refractivity contribution in [2.45, 2.75) is 73.1 Å². The van der Waals surface area contributed by atoms with Crippen molar-refractivity contribution in [2.24, 2.45) is 34.5 Å². The molecule has 4 fully saturated rings. The molecule has 9 atom stereocenters. The first-order chi connectivity index (χ1) is 15.3. The number of hydrogen-bond donors (Lipinski definition) is 2. The number of aliphatic hydroxyl groups excluding tert-OH is 2. The van der Waals surface area contributed by atoms with Crippen molar-refractivity contribution in [1.29, 1.82) is 0 Å². The second kappa shape index (κ2) is 9.06. The summed E-state index contributed by atoms with van der Waals surface area (Å²) in [5.74, 6) is 4.65. The molecule has 0 aromatic heterocycles. The van der Waals surface area contributed by atoms with Crippen molar-refractivity contribution < 1.29 is 14.4 Å². The zero-order chi connectivity index (χ0) is 22.7. The first-order valence-corrected chi connectivity index (χ1v) is 17.3. The van der Waals surface area contributed by atoms with Crippen LogP contribution < -0.4 is 0 Å². The standard InChI is InChI=1S/C25H40O3S4/c1-23-9-8-19-17(18(23)6-7-20(23)21(27)22(29-2)32(3)28)5-4-16-14-25(30-12-13-31-25)11-10-24(16,19)15-26/h14,17-22,26-27H,4-13,15H2,1-3H3/t17-,18-,19-,20+,21?,22?,23-,24+,32?/m0/s1. The number of aliphatic hydroxyl groups is 2. The number of fused-ring (bicyclic) bond motifs is 5. The lowest BCUT2D eigenvalue weighted by atomic mass is 9.46. The van der Waals surface area contributed by atoms with Gasteiger partial charge in [0.2, 0.25) is 0 Å². The maximum atomic E-state index is 12.3. The molecule has 5 rings (SSSR count). The minimum Gasteiger partial charge on any atom is -0.395 e. The van der Waals surface area contributed by atoms with Crippen molar-refractivity contribution in [3.63, 3.8) is 0 Å². The Hall–Kier alpha value is 0.860. The first kappa shape index (κ1) is 24.5. The van der Waals surface area contributed by atoms with E-state index in [0.29, 0.717) is 24.4 Å². The van der Waals surface area contributed by atoms with Crippen molar-refractivity contribution in [3.05, 3.63) is 11.6 Å². The fourth-order valence-electron chi connectivity index (χ4n) is 8.74. The molecule has 1 spiro atoms. The topological polar surface area (TPSA) is 57.5 Å². The van der Waals surface area contributed by atoms with E-state index in [0.717, 1.165) is 25.7 Å². The highest BCUT2D eigenvalue weighted by Gasteiger charge is 2.62. The molecule has 0 aromatic carbocycles. The van der Waals surface area contributed by atoms with Gasteiger partial charge < -0.3 is 10.2 Å². The smallest absolute Gasteiger partial charge is 0.106 e. The molecule has 0 amide bonds. The molecule has 2 N–H and O–H groups in total. The monoisotopic (exact) mass is 516 g/mol. The molecule has 7 heteroatoms. The summed E-state index contributed by atoms with van der Waals surface area (Å²) < 4.78 is 12.4. The second-order valence-corrected chi connectivity index (χ2v) is 17.1. The highest BCUT2D eigenvalue weighted by atomic mass is 32.2. The summed E-state index contributed by atoms with van der Waals surface area (Å²) >= 11 is 5.84. The van der Waals surface area contributed by atoms with Gasteiger partial charge in [-0.1, -0.05) is 18.6 Å². The summed E-state index contributed by atoms with van der Waals surface area (Å²) in [6.45, 7) is 2.74. The Bertz CT molecular complexity index is 781. The summed E-state index contributed by atoms with van der Waals surface area (Å²) in [5, 5.41) is 22.1. The summed E-state index contributed by atoms with van der Waals surface area (Å²) in [7, 11) is -1.02. The molecule has 0 aromatic rings. The average Bonchev–Trinajstić information content (AvgIpc) is 3.37. The van der Waals surface area contributed by atoms with Gasteiger partial charge in [-0.25, -0.2) is 0 Å². The van der Waals surface area contributed by atoms with E-state index in [2.05, 4.69) is 36.5 Å². The molecule has 5 aliphatic rings. The summed E-state index contributed by atoms with van der Waals surface area (Å²) in [6.07, 6.45) is 15.2. The Kier molecular flexibility index (Phi) is 6.95. The van der Waals surface area contributed by atoms with Crippen LogP contribution in [0.5, 0.6) is 0 Å². The van der Waals surface area contributed by atoms with Gasteiger partial charge in [-0.05, 0) is 86.7 Å². The molecule has 3 nitrogen and oxygen atoms in total. The lowest BCUT2D eigenvalue weighted by Crippen LogP contribution is -2.54. The molecule has 4 aliphatic carbocycles. The lowest BCUT2D eigenvalue weighted by molar-refractivity contribution is -0.0877. The molecule has 0 radical (unpaired) electrons. The van der Waals surface area contributed by atoms with Crippen molar-refractivity contribution >= 4 is 46.1 Å². The van der Waals surface area contributed by atoms with Crippen molar-refractivity contribution in [3.8, 4) is 0 Å². The highest BCUT2D eigenvalue weighted by molar-refractivity contribution is 8.21. The molecule has 0 bridgehead atoms. The van der Waals surface area contributed by atoms with Crippen LogP contribution >= 0.6 is 35.3 Å². The van der Waals surface area contributed by atoms with E-state index in [1.165, 1.54) is 37.2 Å². The second-order valence-electron chi connectivity index (χ2n) is 11.2. The Morgan fingerprint density at radius 2 is 1.91 bits per heavy atom. The molecule has 1 saturated heterocycles. The molecular formula is C25H40O3S4. The number of rotatable bonds is 5. The fourth-order valence-corrected chi connectivity index (χ4v) is 14.0. The van der Waals surface area contributed by atoms with E-state index in [-0.39, 0.29) is 25.4 Å². The quantitative estimate of drug-likeness (QED) is 0.493. The lowest BCUT2D eigenvalue weighted by Gasteiger charge is -2.60. The van der Waals surface area contributed by atoms with Crippen LogP contribution in [-0.4, -0.2) is 59.8 Å². The SMILES string of the molecule is CSC(C(O)[C@H]1CC[C@H]2[C@@H]3CCC4=CC5(CC[C@]4(CO)[C@H]3CC[C@]12C)SCCS5)S(C)=O. The average molecular weight is 517 g/mol. The third-order valence-corrected chi connectivity index (χ3v) is 16.7. The number of hydrogen-bond acceptors (Lipinski definition) is 6. The molecular weight excluding hydrogens is 477 g/mol. The molecule has 1 heterocycles. The van der Waals surface area contributed by atoms with E-state index in [1.807, 2.05) is 6.26 Å². The predicted octanol–water partition coefficient (Wildman–Crippen LogP) is 5.14. The molecule has 182 valence electrons. The Morgan fingerprint density at radius 1 is 1.16 bits per heavy atom. The van der Waals surface area contributed by atoms with Crippen molar-refractivity contribution in [2.75, 3.05) is 30.6 Å². The van der Waals surface area contributed by atoms with E-state index in [4.69, 9.17) is 0 Å². The third-order valence-electron chi connectivity index (χ3n) is 10.2. The van der Waals surface area contributed by atoms with Crippen LogP contribution in [0.15, 0.2) is 11.6 Å². The van der Waals surface area contributed by atoms with E-state index >= 15 is 0 Å². The maximum Gasteiger partial charge on any atom is 0.106 e. The van der Waals surface area contributed by atoms with Crippen LogP contribution in [0.3, 0.4) is 0 Å². The van der Waals surface area contributed by atoms with Gasteiger partial charge in [-0.2, -0.15) is 0 Å². The Labute approximate surface area is 209 Å². The van der Waals surface area contributed by atoms with Crippen LogP contribution in [0.4, 0.5) is 0 Å². The van der Waals surface area contributed by atoms with Gasteiger partial charge in [0.05, 0.1) is 16.8 Å². The molecule has 3 unspecified atom stereocenters. The summed E-state index contributed by atoms with van der Waals surface area (Å²) in [6, 6.07) is 0. The van der Waals surface area contributed by atoms with Crippen LogP contribution in [0.1, 0.15) is 58.3 Å². The summed E-state index contributed by atoms with van der Waals surface area (Å²) in [5.41, 5.74) is 1.72. The van der Waals surface area contributed by atoms with Crippen LogP contribution in [0.25, 0.3) is 0 Å². The molecule has 3 saturated carbocycles. The highest BCUT2D eigenvalue weighted by Crippen LogP contribution is 2.69. The van der Waals surface area contributed by atoms with Gasteiger partial charge >= 0.3 is 0 Å². The normalized spacial score (nSPS) is 45.5. The maximum absolute atomic E-state index is 12.3. The Balaban J connectivity index is 1.41. The van der Waals surface area contributed by atoms with E-state index in [1.54, 1.807) is 23.6 Å². The largest absolute Gasteiger partial charge is 0.395 e. The summed E-state index contributed by atoms with van der Waals surface area (Å²) in [4.78, 5) is 0. The van der Waals surface area contributed by atoms with Gasteiger partial charge in [-0.3, -0.25) is 4.21 Å². The van der Waals surface area contributed by atoms with Gasteiger partial charge in [0.25, 0.3) is 0 Å². The van der Waals surface area contributed by atoms with Gasteiger partial charge in [0.1, 0.15) is 4.58 Å². The van der Waals surface area contributed by atoms with Crippen LogP contribution in [0, 0.1) is 34.5 Å². The van der Waals surface area contributed by atoms with Crippen molar-refractivity contribution in [1.82, 2.24) is 0 Å². The van der Waals surface area contributed by atoms with E-state index < -0.39 is 16.9 Å². The third kappa shape index (κ3) is 3.65. The fraction of sp³-hybridized carbons (Fsp3) is 0.920. The minimum atomic E-state index is -1.02. The molecule has 1 aliphatic heterocycles. The van der Waals surface area contributed by atoms with Gasteiger partial charge in [0.15, 0.2) is 0 Å². The van der Waals surface area contributed by atoms with E-state index in [9.17, 15) is 14.4 Å². The van der Waals surface area contributed by atoms with Crippen LogP contribution in [0.2, 0.25) is 0 Å². The Morgan fingerprint density at radius 3 is 2.56 bits per heavy atom. The first-order valence-electron chi connectivity index (χ1n) is 12.4. The van der Waals surface area contributed by atoms with Gasteiger partial charge in [-0.15, -0.1) is 35.3 Å². The predicted molar refractivity (Wildman–Crippen MR) is 142 cm³/mol. The van der Waals surface area contributed by atoms with Gasteiger partial charge in [0, 0.05) is 34.0 Å². The minimum absolute atomic E-state index is 0.00261. The molecule has 32 heavy (non-hydrogen) atoms. The zero-order valence-electron chi connectivity index (χ0n) is 19.8.